The lowest BCUT2D eigenvalue weighted by molar-refractivity contribution is 0.794. The number of aromatic nitrogens is 2. The van der Waals surface area contributed by atoms with Crippen molar-refractivity contribution < 1.29 is 0 Å². The molecule has 0 spiro atoms. The normalized spacial score (nSPS) is 15.1. The van der Waals surface area contributed by atoms with Gasteiger partial charge in [-0.3, -0.25) is 0 Å². The van der Waals surface area contributed by atoms with E-state index in [9.17, 15) is 0 Å². The molecule has 3 nitrogen and oxygen atoms in total. The van der Waals surface area contributed by atoms with Crippen LogP contribution < -0.4 is 4.90 Å². The molecule has 20 heavy (non-hydrogen) atoms. The Morgan fingerprint density at radius 2 is 1.80 bits per heavy atom. The summed E-state index contributed by atoms with van der Waals surface area (Å²) in [7, 11) is 0. The Morgan fingerprint density at radius 3 is 2.40 bits per heavy atom. The Kier molecular flexibility index (Phi) is 3.70. The van der Waals surface area contributed by atoms with Crippen LogP contribution in [0.1, 0.15) is 17.5 Å². The van der Waals surface area contributed by atoms with Crippen molar-refractivity contribution in [1.82, 2.24) is 9.97 Å². The van der Waals surface area contributed by atoms with Crippen molar-refractivity contribution in [2.45, 2.75) is 13.3 Å². The molecule has 0 N–H and O–H groups in total. The van der Waals surface area contributed by atoms with Crippen molar-refractivity contribution in [3.05, 3.63) is 58.9 Å². The first kappa shape index (κ1) is 13.1. The second-order valence-corrected chi connectivity index (χ2v) is 5.43. The Morgan fingerprint density at radius 1 is 1.10 bits per heavy atom. The van der Waals surface area contributed by atoms with Crippen molar-refractivity contribution in [1.29, 1.82) is 0 Å². The predicted molar refractivity (Wildman–Crippen MR) is 83.0 cm³/mol. The fourth-order valence-electron chi connectivity index (χ4n) is 2.33. The van der Waals surface area contributed by atoms with Crippen LogP contribution in [0.15, 0.2) is 42.7 Å². The number of hydrogen-bond acceptors (Lipinski definition) is 3. The van der Waals surface area contributed by atoms with Crippen molar-refractivity contribution >= 4 is 23.1 Å². The second kappa shape index (κ2) is 5.63. The van der Waals surface area contributed by atoms with E-state index < -0.39 is 0 Å². The molecule has 0 radical (unpaired) electrons. The number of nitrogens with zero attached hydrogens (tertiary/aromatic N) is 3. The summed E-state index contributed by atoms with van der Waals surface area (Å²) in [6.45, 7) is 3.79. The molecule has 0 saturated carbocycles. The van der Waals surface area contributed by atoms with E-state index in [1.54, 1.807) is 0 Å². The zero-order valence-electron chi connectivity index (χ0n) is 11.4. The third-order valence-corrected chi connectivity index (χ3v) is 3.73. The first-order valence-corrected chi connectivity index (χ1v) is 7.09. The van der Waals surface area contributed by atoms with Gasteiger partial charge in [0.1, 0.15) is 0 Å². The highest BCUT2D eigenvalue weighted by Crippen LogP contribution is 2.25. The van der Waals surface area contributed by atoms with Gasteiger partial charge in [-0.15, -0.1) is 0 Å². The lowest BCUT2D eigenvalue weighted by Gasteiger charge is -2.26. The molecule has 4 heteroatoms. The molecule has 0 aliphatic carbocycles. The third-order valence-electron chi connectivity index (χ3n) is 3.47. The zero-order valence-corrected chi connectivity index (χ0v) is 12.1. The summed E-state index contributed by atoms with van der Waals surface area (Å²) in [6.07, 6.45) is 6.97. The lowest BCUT2D eigenvalue weighted by Crippen LogP contribution is -2.29. The highest BCUT2D eigenvalue weighted by atomic mass is 35.5. The molecule has 0 unspecified atom stereocenters. The second-order valence-electron chi connectivity index (χ2n) is 4.99. The van der Waals surface area contributed by atoms with Gasteiger partial charge < -0.3 is 4.90 Å². The van der Waals surface area contributed by atoms with Gasteiger partial charge in [0.05, 0.1) is 0 Å². The fraction of sp³-hybridized carbons (Fsp3) is 0.250. The summed E-state index contributed by atoms with van der Waals surface area (Å²) >= 11 is 5.92. The maximum Gasteiger partial charge on any atom is 0.225 e. The predicted octanol–water partition coefficient (Wildman–Crippen LogP) is 3.73. The number of hydrogen-bond donors (Lipinski definition) is 0. The minimum absolute atomic E-state index is 0.778. The SMILES string of the molecule is Cc1cnc(N2CC=C(c3ccc(Cl)cc3)CC2)nc1. The molecule has 0 amide bonds. The molecule has 2 heterocycles. The van der Waals surface area contributed by atoms with Crippen LogP contribution in [0.3, 0.4) is 0 Å². The Bertz CT molecular complexity index is 617. The number of anilines is 1. The van der Waals surface area contributed by atoms with Crippen LogP contribution in [-0.2, 0) is 0 Å². The van der Waals surface area contributed by atoms with E-state index >= 15 is 0 Å². The van der Waals surface area contributed by atoms with Crippen molar-refractivity contribution in [3.8, 4) is 0 Å². The Labute approximate surface area is 123 Å². The van der Waals surface area contributed by atoms with Crippen molar-refractivity contribution in [2.75, 3.05) is 18.0 Å². The van der Waals surface area contributed by atoms with Crippen molar-refractivity contribution in [2.24, 2.45) is 0 Å². The quantitative estimate of drug-likeness (QED) is 0.842. The smallest absolute Gasteiger partial charge is 0.225 e. The van der Waals surface area contributed by atoms with E-state index in [2.05, 4.69) is 33.1 Å². The van der Waals surface area contributed by atoms with E-state index in [0.717, 1.165) is 36.0 Å². The molecule has 0 fully saturated rings. The minimum atomic E-state index is 0.778. The van der Waals surface area contributed by atoms with Crippen LogP contribution in [0, 0.1) is 6.92 Å². The van der Waals surface area contributed by atoms with Crippen LogP contribution in [-0.4, -0.2) is 23.1 Å². The van der Waals surface area contributed by atoms with E-state index in [-0.39, 0.29) is 0 Å². The number of rotatable bonds is 2. The van der Waals surface area contributed by atoms with Gasteiger partial charge in [0.2, 0.25) is 5.95 Å². The minimum Gasteiger partial charge on any atom is -0.337 e. The van der Waals surface area contributed by atoms with Crippen LogP contribution in [0.4, 0.5) is 5.95 Å². The maximum atomic E-state index is 5.92. The standard InChI is InChI=1S/C16H16ClN3/c1-12-10-18-16(19-11-12)20-8-6-14(7-9-20)13-2-4-15(17)5-3-13/h2-6,10-11H,7-9H2,1H3. The molecule has 1 aliphatic rings. The molecule has 0 saturated heterocycles. The summed E-state index contributed by atoms with van der Waals surface area (Å²) in [5.74, 6) is 0.807. The molecule has 1 aromatic carbocycles. The summed E-state index contributed by atoms with van der Waals surface area (Å²) < 4.78 is 0. The van der Waals surface area contributed by atoms with E-state index in [0.29, 0.717) is 0 Å². The first-order valence-electron chi connectivity index (χ1n) is 6.71. The third kappa shape index (κ3) is 2.83. The largest absolute Gasteiger partial charge is 0.337 e. The topological polar surface area (TPSA) is 29.0 Å². The molecular formula is C16H16ClN3. The van der Waals surface area contributed by atoms with Gasteiger partial charge in [-0.1, -0.05) is 29.8 Å². The van der Waals surface area contributed by atoms with Gasteiger partial charge in [-0.25, -0.2) is 9.97 Å². The summed E-state index contributed by atoms with van der Waals surface area (Å²) in [5, 5.41) is 0.778. The summed E-state index contributed by atoms with van der Waals surface area (Å²) in [4.78, 5) is 11.0. The van der Waals surface area contributed by atoms with Crippen LogP contribution in [0.2, 0.25) is 5.02 Å². The van der Waals surface area contributed by atoms with E-state index in [1.807, 2.05) is 31.5 Å². The van der Waals surface area contributed by atoms with Gasteiger partial charge in [0, 0.05) is 30.5 Å². The Balaban J connectivity index is 1.74. The van der Waals surface area contributed by atoms with Crippen LogP contribution in [0.25, 0.3) is 5.57 Å². The van der Waals surface area contributed by atoms with Gasteiger partial charge in [0.25, 0.3) is 0 Å². The lowest BCUT2D eigenvalue weighted by atomic mass is 10.00. The average Bonchev–Trinajstić information content (AvgIpc) is 2.49. The molecular weight excluding hydrogens is 270 g/mol. The average molecular weight is 286 g/mol. The van der Waals surface area contributed by atoms with Gasteiger partial charge in [0.15, 0.2) is 0 Å². The van der Waals surface area contributed by atoms with Gasteiger partial charge >= 0.3 is 0 Å². The van der Waals surface area contributed by atoms with Crippen LogP contribution in [0.5, 0.6) is 0 Å². The fourth-order valence-corrected chi connectivity index (χ4v) is 2.45. The summed E-state index contributed by atoms with van der Waals surface area (Å²) in [6, 6.07) is 8.03. The van der Waals surface area contributed by atoms with E-state index in [4.69, 9.17) is 11.6 Å². The van der Waals surface area contributed by atoms with Crippen LogP contribution >= 0.6 is 11.6 Å². The number of halogens is 1. The van der Waals surface area contributed by atoms with Crippen molar-refractivity contribution in [3.63, 3.8) is 0 Å². The summed E-state index contributed by atoms with van der Waals surface area (Å²) in [5.41, 5.74) is 3.70. The number of aryl methyl sites for hydroxylation is 1. The first-order chi connectivity index (χ1) is 9.72. The number of benzene rings is 1. The molecule has 0 bridgehead atoms. The molecule has 2 aromatic rings. The molecule has 3 rings (SSSR count). The highest BCUT2D eigenvalue weighted by molar-refractivity contribution is 6.30. The monoisotopic (exact) mass is 285 g/mol. The molecule has 0 atom stereocenters. The van der Waals surface area contributed by atoms with E-state index in [1.165, 1.54) is 11.1 Å². The highest BCUT2D eigenvalue weighted by Gasteiger charge is 2.15. The zero-order chi connectivity index (χ0) is 13.9. The molecule has 1 aromatic heterocycles. The van der Waals surface area contributed by atoms with Gasteiger partial charge in [-0.05, 0) is 42.2 Å². The maximum absolute atomic E-state index is 5.92. The van der Waals surface area contributed by atoms with Gasteiger partial charge in [-0.2, -0.15) is 0 Å². The molecule has 1 aliphatic heterocycles. The molecule has 102 valence electrons. The Hall–Kier alpha value is -1.87.